The van der Waals surface area contributed by atoms with E-state index in [2.05, 4.69) is 10.2 Å². The van der Waals surface area contributed by atoms with Crippen molar-refractivity contribution in [2.45, 2.75) is 13.8 Å². The minimum atomic E-state index is -0.396. The quantitative estimate of drug-likeness (QED) is 0.321. The Balaban J connectivity index is 1.87. The first-order chi connectivity index (χ1) is 14.0. The summed E-state index contributed by atoms with van der Waals surface area (Å²) in [5.74, 6) is 0. The van der Waals surface area contributed by atoms with Crippen LogP contribution < -0.4 is 0 Å². The molecule has 3 aromatic carbocycles. The molecule has 4 rings (SSSR count). The third kappa shape index (κ3) is 3.89. The lowest BCUT2D eigenvalue weighted by atomic mass is 9.97. The predicted molar refractivity (Wildman–Crippen MR) is 114 cm³/mol. The summed E-state index contributed by atoms with van der Waals surface area (Å²) in [6.07, 6.45) is 0. The van der Waals surface area contributed by atoms with Gasteiger partial charge in [-0.1, -0.05) is 59.7 Å². The van der Waals surface area contributed by atoms with Crippen molar-refractivity contribution in [1.82, 2.24) is 10.2 Å². The molecule has 29 heavy (non-hydrogen) atoms. The van der Waals surface area contributed by atoms with Crippen molar-refractivity contribution >= 4 is 5.69 Å². The molecule has 1 heterocycles. The van der Waals surface area contributed by atoms with E-state index in [0.717, 1.165) is 39.2 Å². The second kappa shape index (κ2) is 7.64. The van der Waals surface area contributed by atoms with Gasteiger partial charge in [-0.25, -0.2) is 0 Å². The Hall–Kier alpha value is -3.86. The summed E-state index contributed by atoms with van der Waals surface area (Å²) in [5.41, 5.74) is 7.57. The van der Waals surface area contributed by atoms with Gasteiger partial charge >= 0.3 is 0 Å². The van der Waals surface area contributed by atoms with Crippen LogP contribution in [-0.4, -0.2) is 15.1 Å². The molecule has 5 heteroatoms. The van der Waals surface area contributed by atoms with Crippen LogP contribution in [0.25, 0.3) is 33.6 Å². The van der Waals surface area contributed by atoms with Crippen molar-refractivity contribution in [2.24, 2.45) is 0 Å². The lowest BCUT2D eigenvalue weighted by Crippen LogP contribution is -1.96. The van der Waals surface area contributed by atoms with Gasteiger partial charge < -0.3 is 0 Å². The van der Waals surface area contributed by atoms with Crippen molar-refractivity contribution < 1.29 is 4.92 Å². The van der Waals surface area contributed by atoms with Crippen LogP contribution in [0.5, 0.6) is 0 Å². The number of nitro groups is 1. The number of nitrogens with zero attached hydrogens (tertiary/aromatic N) is 3. The van der Waals surface area contributed by atoms with Crippen LogP contribution in [0.15, 0.2) is 78.9 Å². The summed E-state index contributed by atoms with van der Waals surface area (Å²) >= 11 is 0. The molecule has 0 spiro atoms. The van der Waals surface area contributed by atoms with E-state index in [-0.39, 0.29) is 5.69 Å². The summed E-state index contributed by atoms with van der Waals surface area (Å²) in [6.45, 7) is 4.07. The zero-order chi connectivity index (χ0) is 20.4. The molecule has 0 bridgehead atoms. The summed E-state index contributed by atoms with van der Waals surface area (Å²) in [7, 11) is 0. The van der Waals surface area contributed by atoms with Gasteiger partial charge in [0.05, 0.1) is 10.6 Å². The van der Waals surface area contributed by atoms with Gasteiger partial charge in [0.2, 0.25) is 0 Å². The first kappa shape index (κ1) is 18.5. The number of rotatable bonds is 4. The molecule has 4 aromatic rings. The molecule has 0 fully saturated rings. The largest absolute Gasteiger partial charge is 0.269 e. The fraction of sp³-hybridized carbons (Fsp3) is 0.0833. The normalized spacial score (nSPS) is 10.7. The fourth-order valence-electron chi connectivity index (χ4n) is 3.16. The molecule has 0 N–H and O–H groups in total. The van der Waals surface area contributed by atoms with E-state index >= 15 is 0 Å². The highest BCUT2D eigenvalue weighted by atomic mass is 16.6. The van der Waals surface area contributed by atoms with Gasteiger partial charge in [0.25, 0.3) is 5.69 Å². The van der Waals surface area contributed by atoms with E-state index in [4.69, 9.17) is 0 Å². The SMILES string of the molecule is Cc1ccc(-c2cc(-c3ccc([N+](=O)[O-])cc3)c(-c3ccc(C)cc3)nn2)cc1. The average Bonchev–Trinajstić information content (AvgIpc) is 2.75. The highest BCUT2D eigenvalue weighted by molar-refractivity contribution is 5.83. The summed E-state index contributed by atoms with van der Waals surface area (Å²) in [6, 6.07) is 24.7. The maximum atomic E-state index is 11.0. The zero-order valence-electron chi connectivity index (χ0n) is 16.2. The minimum absolute atomic E-state index is 0.0615. The first-order valence-corrected chi connectivity index (χ1v) is 9.28. The van der Waals surface area contributed by atoms with E-state index in [1.165, 1.54) is 17.7 Å². The molecule has 0 radical (unpaired) electrons. The molecule has 142 valence electrons. The monoisotopic (exact) mass is 381 g/mol. The number of non-ortho nitro benzene ring substituents is 1. The Morgan fingerprint density at radius 3 is 1.76 bits per heavy atom. The Labute approximate surface area is 168 Å². The van der Waals surface area contributed by atoms with Gasteiger partial charge in [0.15, 0.2) is 0 Å². The van der Waals surface area contributed by atoms with Crippen molar-refractivity contribution in [2.75, 3.05) is 0 Å². The molecule has 1 aromatic heterocycles. The van der Waals surface area contributed by atoms with Crippen molar-refractivity contribution in [1.29, 1.82) is 0 Å². The Morgan fingerprint density at radius 2 is 1.21 bits per heavy atom. The van der Waals surface area contributed by atoms with Crippen molar-refractivity contribution in [3.05, 3.63) is 100 Å². The minimum Gasteiger partial charge on any atom is -0.258 e. The molecular formula is C24H19N3O2. The molecule has 0 aliphatic heterocycles. The van der Waals surface area contributed by atoms with E-state index in [0.29, 0.717) is 0 Å². The van der Waals surface area contributed by atoms with Crippen LogP contribution in [0.4, 0.5) is 5.69 Å². The molecular weight excluding hydrogens is 362 g/mol. The van der Waals surface area contributed by atoms with E-state index < -0.39 is 4.92 Å². The van der Waals surface area contributed by atoms with E-state index in [9.17, 15) is 10.1 Å². The molecule has 0 saturated carbocycles. The van der Waals surface area contributed by atoms with Crippen molar-refractivity contribution in [3.8, 4) is 33.6 Å². The second-order valence-corrected chi connectivity index (χ2v) is 7.03. The summed E-state index contributed by atoms with van der Waals surface area (Å²) < 4.78 is 0. The highest BCUT2D eigenvalue weighted by Crippen LogP contribution is 2.33. The molecule has 5 nitrogen and oxygen atoms in total. The Bertz CT molecular complexity index is 1170. The first-order valence-electron chi connectivity index (χ1n) is 9.28. The number of nitro benzene ring substituents is 1. The fourth-order valence-corrected chi connectivity index (χ4v) is 3.16. The standard InChI is InChI=1S/C24H19N3O2/c1-16-3-7-19(8-4-16)23-15-22(18-11-13-21(14-12-18)27(28)29)24(26-25-23)20-9-5-17(2)6-10-20/h3-15H,1-2H3. The van der Waals surface area contributed by atoms with Crippen LogP contribution in [0, 0.1) is 24.0 Å². The summed E-state index contributed by atoms with van der Waals surface area (Å²) in [5, 5.41) is 20.0. The zero-order valence-corrected chi connectivity index (χ0v) is 16.2. The van der Waals surface area contributed by atoms with E-state index in [1.54, 1.807) is 12.1 Å². The lowest BCUT2D eigenvalue weighted by molar-refractivity contribution is -0.384. The van der Waals surface area contributed by atoms with Crippen LogP contribution in [0.2, 0.25) is 0 Å². The van der Waals surface area contributed by atoms with Crippen molar-refractivity contribution in [3.63, 3.8) is 0 Å². The molecule has 0 atom stereocenters. The van der Waals surface area contributed by atoms with Gasteiger partial charge in [-0.15, -0.1) is 10.2 Å². The smallest absolute Gasteiger partial charge is 0.258 e. The number of hydrogen-bond donors (Lipinski definition) is 0. The molecule has 0 aliphatic carbocycles. The van der Waals surface area contributed by atoms with Gasteiger partial charge in [-0.2, -0.15) is 0 Å². The highest BCUT2D eigenvalue weighted by Gasteiger charge is 2.14. The van der Waals surface area contributed by atoms with Crippen LogP contribution in [-0.2, 0) is 0 Å². The molecule has 0 saturated heterocycles. The third-order valence-corrected chi connectivity index (χ3v) is 4.86. The number of aryl methyl sites for hydroxylation is 2. The third-order valence-electron chi connectivity index (χ3n) is 4.86. The van der Waals surface area contributed by atoms with Gasteiger partial charge in [-0.3, -0.25) is 10.1 Å². The van der Waals surface area contributed by atoms with Gasteiger partial charge in [0.1, 0.15) is 5.69 Å². The van der Waals surface area contributed by atoms with Crippen LogP contribution in [0.3, 0.4) is 0 Å². The average molecular weight is 381 g/mol. The topological polar surface area (TPSA) is 68.9 Å². The van der Waals surface area contributed by atoms with Gasteiger partial charge in [-0.05, 0) is 37.6 Å². The van der Waals surface area contributed by atoms with E-state index in [1.807, 2.05) is 68.4 Å². The van der Waals surface area contributed by atoms with Crippen LogP contribution >= 0.6 is 0 Å². The van der Waals surface area contributed by atoms with Crippen LogP contribution in [0.1, 0.15) is 11.1 Å². The maximum absolute atomic E-state index is 11.0. The summed E-state index contributed by atoms with van der Waals surface area (Å²) in [4.78, 5) is 10.6. The molecule has 0 amide bonds. The maximum Gasteiger partial charge on any atom is 0.269 e. The lowest BCUT2D eigenvalue weighted by Gasteiger charge is -2.11. The Morgan fingerprint density at radius 1 is 0.690 bits per heavy atom. The molecule has 0 aliphatic rings. The number of aromatic nitrogens is 2. The second-order valence-electron chi connectivity index (χ2n) is 7.03. The predicted octanol–water partition coefficient (Wildman–Crippen LogP) is 6.00. The van der Waals surface area contributed by atoms with Gasteiger partial charge in [0, 0.05) is 28.8 Å². The Kier molecular flexibility index (Phi) is 4.87. The number of benzene rings is 3. The molecule has 0 unspecified atom stereocenters. The number of hydrogen-bond acceptors (Lipinski definition) is 4.